The Morgan fingerprint density at radius 1 is 1.39 bits per heavy atom. The van der Waals surface area contributed by atoms with Gasteiger partial charge in [-0.25, -0.2) is 0 Å². The smallest absolute Gasteiger partial charge is 0.226 e. The number of hydrogen-bond donors (Lipinski definition) is 0. The van der Waals surface area contributed by atoms with E-state index in [0.717, 1.165) is 18.1 Å². The fourth-order valence-corrected chi connectivity index (χ4v) is 4.27. The summed E-state index contributed by atoms with van der Waals surface area (Å²) in [6.45, 7) is 2.66. The maximum atomic E-state index is 12.6. The van der Waals surface area contributed by atoms with Crippen LogP contribution in [-0.4, -0.2) is 32.6 Å². The van der Waals surface area contributed by atoms with Gasteiger partial charge in [0.1, 0.15) is 5.82 Å². The SMILES string of the molecule is Cc1ccc(C2CC2C(=O)N(C)Cc2nnc(C3CC3)n2C)s1. The molecule has 2 aromatic heterocycles. The van der Waals surface area contributed by atoms with Crippen LogP contribution in [0.1, 0.15) is 52.5 Å². The van der Waals surface area contributed by atoms with E-state index in [1.54, 1.807) is 0 Å². The van der Waals surface area contributed by atoms with Crippen molar-refractivity contribution >= 4 is 17.2 Å². The molecule has 2 aliphatic carbocycles. The van der Waals surface area contributed by atoms with Gasteiger partial charge in [-0.1, -0.05) is 0 Å². The highest BCUT2D eigenvalue weighted by molar-refractivity contribution is 7.12. The Morgan fingerprint density at radius 2 is 2.17 bits per heavy atom. The third-order valence-electron chi connectivity index (χ3n) is 4.93. The van der Waals surface area contributed by atoms with Crippen LogP contribution in [0.2, 0.25) is 0 Å². The summed E-state index contributed by atoms with van der Waals surface area (Å²) in [5.41, 5.74) is 0. The zero-order chi connectivity index (χ0) is 16.1. The van der Waals surface area contributed by atoms with Crippen LogP contribution in [0.15, 0.2) is 12.1 Å². The van der Waals surface area contributed by atoms with Crippen molar-refractivity contribution in [3.63, 3.8) is 0 Å². The molecule has 2 aliphatic rings. The second-order valence-electron chi connectivity index (χ2n) is 6.90. The third-order valence-corrected chi connectivity index (χ3v) is 6.06. The minimum absolute atomic E-state index is 0.147. The predicted octanol–water partition coefficient (Wildman–Crippen LogP) is 2.82. The van der Waals surface area contributed by atoms with Crippen LogP contribution in [-0.2, 0) is 18.4 Å². The summed E-state index contributed by atoms with van der Waals surface area (Å²) >= 11 is 1.81. The molecule has 5 nitrogen and oxygen atoms in total. The first-order chi connectivity index (χ1) is 11.0. The minimum atomic E-state index is 0.147. The Labute approximate surface area is 140 Å². The number of nitrogens with zero attached hydrogens (tertiary/aromatic N) is 4. The molecule has 2 atom stereocenters. The first kappa shape index (κ1) is 14.9. The first-order valence-electron chi connectivity index (χ1n) is 8.24. The molecule has 0 aliphatic heterocycles. The van der Waals surface area contributed by atoms with E-state index >= 15 is 0 Å². The molecule has 2 aromatic rings. The van der Waals surface area contributed by atoms with Crippen LogP contribution in [0, 0.1) is 12.8 Å². The van der Waals surface area contributed by atoms with Gasteiger partial charge in [0.2, 0.25) is 5.91 Å². The standard InChI is InChI=1S/C17H22N4OS/c1-10-4-7-14(23-10)12-8-13(12)17(22)20(2)9-15-18-19-16(21(15)3)11-5-6-11/h4,7,11-13H,5-6,8-9H2,1-3H3. The summed E-state index contributed by atoms with van der Waals surface area (Å²) in [6, 6.07) is 4.31. The quantitative estimate of drug-likeness (QED) is 0.847. The summed E-state index contributed by atoms with van der Waals surface area (Å²) in [5.74, 6) is 3.33. The van der Waals surface area contributed by atoms with Crippen molar-refractivity contribution in [2.24, 2.45) is 13.0 Å². The molecule has 0 N–H and O–H groups in total. The number of carbonyl (C=O) groups excluding carboxylic acids is 1. The summed E-state index contributed by atoms with van der Waals surface area (Å²) in [4.78, 5) is 17.1. The molecule has 2 saturated carbocycles. The highest BCUT2D eigenvalue weighted by atomic mass is 32.1. The molecule has 23 heavy (non-hydrogen) atoms. The molecule has 2 unspecified atom stereocenters. The molecular weight excluding hydrogens is 308 g/mol. The molecule has 0 bridgehead atoms. The average Bonchev–Trinajstić information content (AvgIpc) is 3.44. The van der Waals surface area contributed by atoms with Crippen molar-refractivity contribution in [3.8, 4) is 0 Å². The van der Waals surface area contributed by atoms with Crippen molar-refractivity contribution in [2.45, 2.75) is 44.6 Å². The minimum Gasteiger partial charge on any atom is -0.338 e. The number of aromatic nitrogens is 3. The molecule has 1 amide bonds. The van der Waals surface area contributed by atoms with Crippen molar-refractivity contribution in [2.75, 3.05) is 7.05 Å². The molecule has 2 fully saturated rings. The van der Waals surface area contributed by atoms with E-state index in [1.807, 2.05) is 30.3 Å². The zero-order valence-electron chi connectivity index (χ0n) is 13.8. The Morgan fingerprint density at radius 3 is 2.83 bits per heavy atom. The van der Waals surface area contributed by atoms with Gasteiger partial charge in [0.15, 0.2) is 5.82 Å². The molecule has 0 saturated heterocycles. The fourth-order valence-electron chi connectivity index (χ4n) is 3.22. The highest BCUT2D eigenvalue weighted by Crippen LogP contribution is 2.50. The van der Waals surface area contributed by atoms with E-state index in [9.17, 15) is 4.79 Å². The van der Waals surface area contributed by atoms with E-state index in [4.69, 9.17) is 0 Å². The van der Waals surface area contributed by atoms with E-state index in [1.165, 1.54) is 22.6 Å². The van der Waals surface area contributed by atoms with Crippen LogP contribution < -0.4 is 0 Å². The molecule has 0 aromatic carbocycles. The van der Waals surface area contributed by atoms with E-state index in [-0.39, 0.29) is 11.8 Å². The molecule has 6 heteroatoms. The van der Waals surface area contributed by atoms with Gasteiger partial charge in [0.05, 0.1) is 6.54 Å². The maximum absolute atomic E-state index is 12.6. The van der Waals surface area contributed by atoms with Crippen molar-refractivity contribution in [1.29, 1.82) is 0 Å². The Kier molecular flexibility index (Phi) is 3.52. The van der Waals surface area contributed by atoms with Crippen LogP contribution in [0.25, 0.3) is 0 Å². The summed E-state index contributed by atoms with van der Waals surface area (Å²) in [6.07, 6.45) is 3.41. The second kappa shape index (κ2) is 5.44. The topological polar surface area (TPSA) is 51.0 Å². The van der Waals surface area contributed by atoms with Gasteiger partial charge in [0, 0.05) is 41.6 Å². The average molecular weight is 330 g/mol. The lowest BCUT2D eigenvalue weighted by Gasteiger charge is -2.16. The lowest BCUT2D eigenvalue weighted by molar-refractivity contribution is -0.132. The number of rotatable bonds is 5. The molecule has 122 valence electrons. The zero-order valence-corrected chi connectivity index (χ0v) is 14.6. The van der Waals surface area contributed by atoms with Gasteiger partial charge in [-0.3, -0.25) is 4.79 Å². The van der Waals surface area contributed by atoms with Crippen molar-refractivity contribution < 1.29 is 4.79 Å². The Balaban J connectivity index is 1.39. The van der Waals surface area contributed by atoms with E-state index in [2.05, 4.69) is 33.8 Å². The molecule has 0 spiro atoms. The number of hydrogen-bond acceptors (Lipinski definition) is 4. The van der Waals surface area contributed by atoms with Gasteiger partial charge in [-0.05, 0) is 38.3 Å². The molecule has 2 heterocycles. The fraction of sp³-hybridized carbons (Fsp3) is 0.588. The third kappa shape index (κ3) is 2.80. The second-order valence-corrected chi connectivity index (χ2v) is 8.22. The number of thiophene rings is 1. The van der Waals surface area contributed by atoms with Crippen molar-refractivity contribution in [1.82, 2.24) is 19.7 Å². The van der Waals surface area contributed by atoms with Crippen LogP contribution in [0.5, 0.6) is 0 Å². The predicted molar refractivity (Wildman–Crippen MR) is 89.4 cm³/mol. The molecule has 4 rings (SSSR count). The van der Waals surface area contributed by atoms with Gasteiger partial charge < -0.3 is 9.47 Å². The van der Waals surface area contributed by atoms with Gasteiger partial charge in [0.25, 0.3) is 0 Å². The summed E-state index contributed by atoms with van der Waals surface area (Å²) in [7, 11) is 3.89. The Hall–Kier alpha value is -1.69. The van der Waals surface area contributed by atoms with Gasteiger partial charge in [-0.2, -0.15) is 0 Å². The van der Waals surface area contributed by atoms with Crippen LogP contribution in [0.4, 0.5) is 0 Å². The normalized spacial score (nSPS) is 23.1. The summed E-state index contributed by atoms with van der Waals surface area (Å²) < 4.78 is 2.06. The molecular formula is C17H22N4OS. The van der Waals surface area contributed by atoms with Gasteiger partial charge in [-0.15, -0.1) is 21.5 Å². The lowest BCUT2D eigenvalue weighted by atomic mass is 10.2. The monoisotopic (exact) mass is 330 g/mol. The lowest BCUT2D eigenvalue weighted by Crippen LogP contribution is -2.29. The highest BCUT2D eigenvalue weighted by Gasteiger charge is 2.46. The molecule has 0 radical (unpaired) electrons. The summed E-state index contributed by atoms with van der Waals surface area (Å²) in [5, 5.41) is 8.57. The number of aryl methyl sites for hydroxylation is 1. The van der Waals surface area contributed by atoms with Crippen molar-refractivity contribution in [3.05, 3.63) is 33.5 Å². The van der Waals surface area contributed by atoms with E-state index in [0.29, 0.717) is 18.4 Å². The largest absolute Gasteiger partial charge is 0.338 e. The number of carbonyl (C=O) groups is 1. The number of amides is 1. The van der Waals surface area contributed by atoms with Crippen LogP contribution in [0.3, 0.4) is 0 Å². The Bertz CT molecular complexity index is 746. The van der Waals surface area contributed by atoms with Gasteiger partial charge >= 0.3 is 0 Å². The first-order valence-corrected chi connectivity index (χ1v) is 9.05. The van der Waals surface area contributed by atoms with Crippen LogP contribution >= 0.6 is 11.3 Å². The maximum Gasteiger partial charge on any atom is 0.226 e. The van der Waals surface area contributed by atoms with E-state index < -0.39 is 0 Å².